The Bertz CT molecular complexity index is 576. The third kappa shape index (κ3) is 4.64. The Labute approximate surface area is 141 Å². The van der Waals surface area contributed by atoms with Gasteiger partial charge >= 0.3 is 5.97 Å². The van der Waals surface area contributed by atoms with Gasteiger partial charge in [-0.15, -0.1) is 5.06 Å². The third-order valence-corrected chi connectivity index (χ3v) is 3.58. The second-order valence-corrected chi connectivity index (χ2v) is 6.17. The van der Waals surface area contributed by atoms with Gasteiger partial charge in [0, 0.05) is 6.42 Å². The molecule has 0 bridgehead atoms. The van der Waals surface area contributed by atoms with Gasteiger partial charge in [-0.05, 0) is 30.9 Å². The van der Waals surface area contributed by atoms with Crippen LogP contribution in [-0.2, 0) is 14.4 Å². The number of esters is 1. The van der Waals surface area contributed by atoms with E-state index in [0.717, 1.165) is 11.5 Å². The lowest BCUT2D eigenvalue weighted by Crippen LogP contribution is -2.30. The quantitative estimate of drug-likeness (QED) is 0.395. The number of rotatable bonds is 9. The summed E-state index contributed by atoms with van der Waals surface area (Å²) < 4.78 is 5.09. The fraction of sp³-hybridized carbons (Fsp3) is 0.500. The van der Waals surface area contributed by atoms with Gasteiger partial charge in [-0.1, -0.05) is 32.4 Å². The van der Waals surface area contributed by atoms with Crippen LogP contribution < -0.4 is 0 Å². The Kier molecular flexibility index (Phi) is 6.49. The molecular weight excluding hydrogens is 310 g/mol. The van der Waals surface area contributed by atoms with E-state index in [1.807, 2.05) is 13.8 Å². The first-order valence-electron chi connectivity index (χ1n) is 8.27. The summed E-state index contributed by atoms with van der Waals surface area (Å²) in [5.41, 5.74) is 0.741. The molecule has 0 unspecified atom stereocenters. The molecule has 1 heterocycles. The fourth-order valence-electron chi connectivity index (χ4n) is 2.32. The highest BCUT2D eigenvalue weighted by Gasteiger charge is 2.36. The molecule has 0 spiro atoms. The van der Waals surface area contributed by atoms with Crippen molar-refractivity contribution in [1.82, 2.24) is 5.06 Å². The van der Waals surface area contributed by atoms with E-state index in [2.05, 4.69) is 0 Å². The Morgan fingerprint density at radius 1 is 1.04 bits per heavy atom. The van der Waals surface area contributed by atoms with Gasteiger partial charge in [0.25, 0.3) is 11.8 Å². The van der Waals surface area contributed by atoms with Crippen molar-refractivity contribution in [1.29, 1.82) is 0 Å². The molecular formula is C18H23NO5. The first-order valence-corrected chi connectivity index (χ1v) is 8.27. The lowest BCUT2D eigenvalue weighted by atomic mass is 10.1. The highest BCUT2D eigenvalue weighted by atomic mass is 16.7. The molecule has 0 atom stereocenters. The normalized spacial score (nSPS) is 13.5. The van der Waals surface area contributed by atoms with Crippen molar-refractivity contribution in [3.63, 3.8) is 0 Å². The zero-order valence-corrected chi connectivity index (χ0v) is 14.1. The standard InChI is InChI=1S/C18H23NO5/c1-13(2)12-23-16(20)10-4-3-7-11-24-19-17(21)14-8-5-6-9-15(14)18(19)22/h5-6,8-9,13H,3-4,7,10-12H2,1-2H3. The first kappa shape index (κ1) is 18.1. The minimum Gasteiger partial charge on any atom is -0.465 e. The largest absolute Gasteiger partial charge is 0.465 e. The molecule has 1 aromatic rings. The number of amides is 2. The van der Waals surface area contributed by atoms with Gasteiger partial charge in [-0.25, -0.2) is 0 Å². The van der Waals surface area contributed by atoms with E-state index < -0.39 is 11.8 Å². The van der Waals surface area contributed by atoms with Gasteiger partial charge in [-0.3, -0.25) is 19.2 Å². The van der Waals surface area contributed by atoms with Crippen molar-refractivity contribution in [3.05, 3.63) is 35.4 Å². The highest BCUT2D eigenvalue weighted by molar-refractivity contribution is 6.20. The van der Waals surface area contributed by atoms with Crippen LogP contribution in [0.15, 0.2) is 24.3 Å². The maximum Gasteiger partial charge on any atom is 0.305 e. The van der Waals surface area contributed by atoms with E-state index in [9.17, 15) is 14.4 Å². The number of nitrogens with zero attached hydrogens (tertiary/aromatic N) is 1. The van der Waals surface area contributed by atoms with Crippen LogP contribution in [0.3, 0.4) is 0 Å². The smallest absolute Gasteiger partial charge is 0.305 e. The molecule has 6 nitrogen and oxygen atoms in total. The number of ether oxygens (including phenoxy) is 1. The predicted octanol–water partition coefficient (Wildman–Crippen LogP) is 2.97. The summed E-state index contributed by atoms with van der Waals surface area (Å²) in [5.74, 6) is -0.701. The summed E-state index contributed by atoms with van der Waals surface area (Å²) in [7, 11) is 0. The van der Waals surface area contributed by atoms with E-state index >= 15 is 0 Å². The van der Waals surface area contributed by atoms with E-state index in [1.165, 1.54) is 0 Å². The van der Waals surface area contributed by atoms with Crippen LogP contribution in [0.5, 0.6) is 0 Å². The maximum atomic E-state index is 12.1. The topological polar surface area (TPSA) is 72.9 Å². The number of hydroxylamine groups is 2. The number of fused-ring (bicyclic) bond motifs is 1. The molecule has 6 heteroatoms. The van der Waals surface area contributed by atoms with Crippen molar-refractivity contribution >= 4 is 17.8 Å². The van der Waals surface area contributed by atoms with Crippen molar-refractivity contribution < 1.29 is 24.0 Å². The van der Waals surface area contributed by atoms with Crippen LogP contribution in [0, 0.1) is 5.92 Å². The number of benzene rings is 1. The van der Waals surface area contributed by atoms with E-state index in [4.69, 9.17) is 9.57 Å². The summed E-state index contributed by atoms with van der Waals surface area (Å²) >= 11 is 0. The molecule has 0 fully saturated rings. The van der Waals surface area contributed by atoms with Gasteiger partial charge in [0.2, 0.25) is 0 Å². The molecule has 0 aromatic heterocycles. The molecule has 1 aromatic carbocycles. The molecule has 0 radical (unpaired) electrons. The van der Waals surface area contributed by atoms with E-state index in [0.29, 0.717) is 42.9 Å². The maximum absolute atomic E-state index is 12.1. The second-order valence-electron chi connectivity index (χ2n) is 6.17. The van der Waals surface area contributed by atoms with Gasteiger partial charge in [0.1, 0.15) is 0 Å². The Morgan fingerprint density at radius 2 is 1.67 bits per heavy atom. The second kappa shape index (κ2) is 8.59. The van der Waals surface area contributed by atoms with Crippen LogP contribution in [-0.4, -0.2) is 36.1 Å². The molecule has 2 rings (SSSR count). The fourth-order valence-corrected chi connectivity index (χ4v) is 2.32. The SMILES string of the molecule is CC(C)COC(=O)CCCCCON1C(=O)c2ccccc2C1=O. The molecule has 0 saturated carbocycles. The van der Waals surface area contributed by atoms with Crippen LogP contribution in [0.4, 0.5) is 0 Å². The van der Waals surface area contributed by atoms with Crippen LogP contribution >= 0.6 is 0 Å². The van der Waals surface area contributed by atoms with E-state index in [1.54, 1.807) is 24.3 Å². The van der Waals surface area contributed by atoms with Crippen molar-refractivity contribution in [2.45, 2.75) is 39.5 Å². The number of carbonyl (C=O) groups is 3. The van der Waals surface area contributed by atoms with Crippen LogP contribution in [0.2, 0.25) is 0 Å². The minimum absolute atomic E-state index is 0.190. The number of carbonyl (C=O) groups excluding carboxylic acids is 3. The van der Waals surface area contributed by atoms with Crippen molar-refractivity contribution in [2.75, 3.05) is 13.2 Å². The third-order valence-electron chi connectivity index (χ3n) is 3.58. The molecule has 1 aliphatic heterocycles. The molecule has 1 aliphatic rings. The zero-order chi connectivity index (χ0) is 17.5. The molecule has 24 heavy (non-hydrogen) atoms. The van der Waals surface area contributed by atoms with Gasteiger partial charge in [-0.2, -0.15) is 0 Å². The number of hydrogen-bond acceptors (Lipinski definition) is 5. The molecule has 2 amide bonds. The minimum atomic E-state index is -0.423. The van der Waals surface area contributed by atoms with Gasteiger partial charge < -0.3 is 4.74 Å². The van der Waals surface area contributed by atoms with E-state index in [-0.39, 0.29) is 12.6 Å². The Balaban J connectivity index is 1.63. The monoisotopic (exact) mass is 333 g/mol. The average Bonchev–Trinajstić information content (AvgIpc) is 2.81. The predicted molar refractivity (Wildman–Crippen MR) is 87.2 cm³/mol. The summed E-state index contributed by atoms with van der Waals surface area (Å²) in [6, 6.07) is 6.65. The number of unbranched alkanes of at least 4 members (excludes halogenated alkanes) is 2. The van der Waals surface area contributed by atoms with Crippen molar-refractivity contribution in [2.24, 2.45) is 5.92 Å². The summed E-state index contributed by atoms with van der Waals surface area (Å²) in [6.45, 7) is 4.68. The Hall–Kier alpha value is -2.21. The summed E-state index contributed by atoms with van der Waals surface area (Å²) in [4.78, 5) is 40.9. The van der Waals surface area contributed by atoms with Crippen LogP contribution in [0.25, 0.3) is 0 Å². The van der Waals surface area contributed by atoms with Gasteiger partial charge in [0.15, 0.2) is 0 Å². The molecule has 0 saturated heterocycles. The van der Waals surface area contributed by atoms with Gasteiger partial charge in [0.05, 0.1) is 24.3 Å². The first-order chi connectivity index (χ1) is 11.5. The average molecular weight is 333 g/mol. The summed E-state index contributed by atoms with van der Waals surface area (Å²) in [5, 5.41) is 0.821. The number of hydrogen-bond donors (Lipinski definition) is 0. The lowest BCUT2D eigenvalue weighted by molar-refractivity contribution is -0.144. The molecule has 130 valence electrons. The van der Waals surface area contributed by atoms with Crippen LogP contribution in [0.1, 0.15) is 60.2 Å². The highest BCUT2D eigenvalue weighted by Crippen LogP contribution is 2.22. The lowest BCUT2D eigenvalue weighted by Gasteiger charge is -2.13. The molecule has 0 N–H and O–H groups in total. The summed E-state index contributed by atoms with van der Waals surface area (Å²) in [6.07, 6.45) is 2.49. The Morgan fingerprint density at radius 3 is 2.25 bits per heavy atom. The number of imide groups is 1. The zero-order valence-electron chi connectivity index (χ0n) is 14.1. The van der Waals surface area contributed by atoms with Crippen molar-refractivity contribution in [3.8, 4) is 0 Å². The molecule has 0 aliphatic carbocycles.